The van der Waals surface area contributed by atoms with E-state index < -0.39 is 0 Å². The molecule has 2 heteroatoms. The molecule has 1 N–H and O–H groups in total. The van der Waals surface area contributed by atoms with E-state index in [1.165, 1.54) is 16.3 Å². The van der Waals surface area contributed by atoms with Gasteiger partial charge in [0.15, 0.2) is 5.78 Å². The lowest BCUT2D eigenvalue weighted by Crippen LogP contribution is -2.06. The van der Waals surface area contributed by atoms with E-state index in [1.54, 1.807) is 0 Å². The van der Waals surface area contributed by atoms with Gasteiger partial charge in [-0.1, -0.05) is 54.6 Å². The summed E-state index contributed by atoms with van der Waals surface area (Å²) in [5, 5.41) is 5.94. The highest BCUT2D eigenvalue weighted by Crippen LogP contribution is 2.30. The van der Waals surface area contributed by atoms with E-state index in [0.717, 1.165) is 28.1 Å². The molecule has 4 rings (SSSR count). The van der Waals surface area contributed by atoms with Crippen molar-refractivity contribution >= 4 is 22.2 Å². The fourth-order valence-electron chi connectivity index (χ4n) is 3.47. The van der Waals surface area contributed by atoms with Crippen LogP contribution in [-0.4, -0.2) is 5.78 Å². The lowest BCUT2D eigenvalue weighted by Gasteiger charge is -2.14. The molecule has 0 saturated heterocycles. The Labute approximate surface area is 141 Å². The highest BCUT2D eigenvalue weighted by molar-refractivity contribution is 6.13. The number of aryl methyl sites for hydroxylation is 1. The molecule has 0 atom stereocenters. The number of anilines is 1. The van der Waals surface area contributed by atoms with E-state index in [4.69, 9.17) is 0 Å². The SMILES string of the molecule is C/C(Nc1ccc2ccccc2c1C)=C1\Cc2ccccc2C1=O. The van der Waals surface area contributed by atoms with Crippen LogP contribution in [0.3, 0.4) is 0 Å². The van der Waals surface area contributed by atoms with Gasteiger partial charge in [0.05, 0.1) is 0 Å². The normalized spacial score (nSPS) is 15.5. The number of carbonyl (C=O) groups excluding carboxylic acids is 1. The predicted molar refractivity (Wildman–Crippen MR) is 99.5 cm³/mol. The van der Waals surface area contributed by atoms with Crippen LogP contribution < -0.4 is 5.32 Å². The summed E-state index contributed by atoms with van der Waals surface area (Å²) in [6.45, 7) is 4.11. The molecule has 3 aromatic carbocycles. The average Bonchev–Trinajstić information content (AvgIpc) is 2.95. The Balaban J connectivity index is 1.72. The standard InChI is InChI=1S/C22H19NO/c1-14-18-9-5-3-7-16(18)11-12-21(14)23-15(2)20-13-17-8-4-6-10-19(17)22(20)24/h3-12,23H,13H2,1-2H3/b20-15-. The van der Waals surface area contributed by atoms with E-state index in [1.807, 2.05) is 31.2 Å². The Morgan fingerprint density at radius 1 is 0.958 bits per heavy atom. The minimum Gasteiger partial charge on any atom is -0.359 e. The maximum Gasteiger partial charge on any atom is 0.191 e. The number of hydrogen-bond donors (Lipinski definition) is 1. The highest BCUT2D eigenvalue weighted by atomic mass is 16.1. The number of allylic oxidation sites excluding steroid dienone is 2. The fraction of sp³-hybridized carbons (Fsp3) is 0.136. The number of benzene rings is 3. The Morgan fingerprint density at radius 3 is 2.54 bits per heavy atom. The van der Waals surface area contributed by atoms with Crippen molar-refractivity contribution in [2.24, 2.45) is 0 Å². The van der Waals surface area contributed by atoms with Gasteiger partial charge in [0.25, 0.3) is 0 Å². The Morgan fingerprint density at radius 2 is 1.71 bits per heavy atom. The summed E-state index contributed by atoms with van der Waals surface area (Å²) in [5.41, 5.74) is 6.02. The summed E-state index contributed by atoms with van der Waals surface area (Å²) in [6, 6.07) is 20.4. The molecule has 0 spiro atoms. The van der Waals surface area contributed by atoms with Gasteiger partial charge < -0.3 is 5.32 Å². The summed E-state index contributed by atoms with van der Waals surface area (Å²) in [5.74, 6) is 0.147. The van der Waals surface area contributed by atoms with Crippen LogP contribution in [0.4, 0.5) is 5.69 Å². The van der Waals surface area contributed by atoms with Gasteiger partial charge in [-0.25, -0.2) is 0 Å². The maximum atomic E-state index is 12.6. The van der Waals surface area contributed by atoms with Crippen molar-refractivity contribution in [3.8, 4) is 0 Å². The molecule has 24 heavy (non-hydrogen) atoms. The zero-order chi connectivity index (χ0) is 16.7. The Bertz CT molecular complexity index is 998. The molecular formula is C22H19NO. The Hall–Kier alpha value is -2.87. The molecule has 0 heterocycles. The van der Waals surface area contributed by atoms with Crippen molar-refractivity contribution < 1.29 is 4.79 Å². The third kappa shape index (κ3) is 2.31. The van der Waals surface area contributed by atoms with Crippen molar-refractivity contribution in [1.82, 2.24) is 0 Å². The topological polar surface area (TPSA) is 29.1 Å². The van der Waals surface area contributed by atoms with Crippen LogP contribution in [-0.2, 0) is 6.42 Å². The molecule has 0 radical (unpaired) electrons. The van der Waals surface area contributed by atoms with Gasteiger partial charge in [-0.3, -0.25) is 4.79 Å². The van der Waals surface area contributed by atoms with Gasteiger partial charge in [0.2, 0.25) is 0 Å². The second-order valence-corrected chi connectivity index (χ2v) is 6.35. The molecule has 0 bridgehead atoms. The maximum absolute atomic E-state index is 12.6. The molecule has 3 aromatic rings. The number of fused-ring (bicyclic) bond motifs is 2. The lowest BCUT2D eigenvalue weighted by atomic mass is 10.0. The third-order valence-corrected chi connectivity index (χ3v) is 4.88. The van der Waals surface area contributed by atoms with Crippen LogP contribution in [0.5, 0.6) is 0 Å². The van der Waals surface area contributed by atoms with Crippen LogP contribution in [0.2, 0.25) is 0 Å². The van der Waals surface area contributed by atoms with Crippen molar-refractivity contribution in [2.45, 2.75) is 20.3 Å². The first kappa shape index (κ1) is 14.7. The summed E-state index contributed by atoms with van der Waals surface area (Å²) in [6.07, 6.45) is 0.709. The Kier molecular flexibility index (Phi) is 3.46. The zero-order valence-corrected chi connectivity index (χ0v) is 13.9. The predicted octanol–water partition coefficient (Wildman–Crippen LogP) is 5.27. The first-order chi connectivity index (χ1) is 11.6. The van der Waals surface area contributed by atoms with Crippen molar-refractivity contribution in [1.29, 1.82) is 0 Å². The summed E-state index contributed by atoms with van der Waals surface area (Å²) >= 11 is 0. The number of Topliss-reactive ketones (excluding diaryl/α,β-unsaturated/α-hetero) is 1. The monoisotopic (exact) mass is 313 g/mol. The highest BCUT2D eigenvalue weighted by Gasteiger charge is 2.26. The minimum absolute atomic E-state index is 0.147. The second kappa shape index (κ2) is 5.64. The van der Waals surface area contributed by atoms with Gasteiger partial charge >= 0.3 is 0 Å². The van der Waals surface area contributed by atoms with Crippen LogP contribution in [0, 0.1) is 6.92 Å². The van der Waals surface area contributed by atoms with E-state index in [0.29, 0.717) is 6.42 Å². The zero-order valence-electron chi connectivity index (χ0n) is 13.9. The van der Waals surface area contributed by atoms with Crippen LogP contribution >= 0.6 is 0 Å². The molecule has 1 aliphatic rings. The molecule has 0 amide bonds. The summed E-state index contributed by atoms with van der Waals surface area (Å²) < 4.78 is 0. The molecule has 0 saturated carbocycles. The molecule has 118 valence electrons. The van der Waals surface area contributed by atoms with E-state index in [-0.39, 0.29) is 5.78 Å². The molecule has 0 aromatic heterocycles. The van der Waals surface area contributed by atoms with Crippen LogP contribution in [0.15, 0.2) is 71.9 Å². The fourth-order valence-corrected chi connectivity index (χ4v) is 3.47. The first-order valence-corrected chi connectivity index (χ1v) is 8.23. The van der Waals surface area contributed by atoms with E-state index in [2.05, 4.69) is 48.6 Å². The average molecular weight is 313 g/mol. The van der Waals surface area contributed by atoms with Crippen molar-refractivity contribution in [2.75, 3.05) is 5.32 Å². The quantitative estimate of drug-likeness (QED) is 0.653. The van der Waals surface area contributed by atoms with Gasteiger partial charge in [0, 0.05) is 28.9 Å². The number of ketones is 1. The van der Waals surface area contributed by atoms with Gasteiger partial charge in [-0.05, 0) is 41.8 Å². The number of nitrogens with one attached hydrogen (secondary N) is 1. The van der Waals surface area contributed by atoms with Crippen LogP contribution in [0.1, 0.15) is 28.4 Å². The van der Waals surface area contributed by atoms with E-state index in [9.17, 15) is 4.79 Å². The van der Waals surface area contributed by atoms with E-state index >= 15 is 0 Å². The van der Waals surface area contributed by atoms with Crippen molar-refractivity contribution in [3.05, 3.63) is 88.6 Å². The largest absolute Gasteiger partial charge is 0.359 e. The van der Waals surface area contributed by atoms with Gasteiger partial charge in [0.1, 0.15) is 0 Å². The smallest absolute Gasteiger partial charge is 0.191 e. The molecule has 0 fully saturated rings. The van der Waals surface area contributed by atoms with Crippen molar-refractivity contribution in [3.63, 3.8) is 0 Å². The first-order valence-electron chi connectivity index (χ1n) is 8.23. The molecule has 2 nitrogen and oxygen atoms in total. The van der Waals surface area contributed by atoms with Gasteiger partial charge in [-0.15, -0.1) is 0 Å². The number of hydrogen-bond acceptors (Lipinski definition) is 2. The lowest BCUT2D eigenvalue weighted by molar-refractivity contribution is 0.103. The number of carbonyl (C=O) groups is 1. The molecule has 0 unspecified atom stereocenters. The summed E-state index contributed by atoms with van der Waals surface area (Å²) in [4.78, 5) is 12.6. The molecule has 1 aliphatic carbocycles. The summed E-state index contributed by atoms with van der Waals surface area (Å²) in [7, 11) is 0. The minimum atomic E-state index is 0.147. The number of rotatable bonds is 2. The molecule has 0 aliphatic heterocycles. The second-order valence-electron chi connectivity index (χ2n) is 6.35. The molecular weight excluding hydrogens is 294 g/mol. The third-order valence-electron chi connectivity index (χ3n) is 4.88. The van der Waals surface area contributed by atoms with Crippen LogP contribution in [0.25, 0.3) is 10.8 Å². The van der Waals surface area contributed by atoms with Gasteiger partial charge in [-0.2, -0.15) is 0 Å².